The standard InChI is InChI=1S/C13H18N2O2/c1-3-10(2)15-12(16)9-14-13(17)11-7-5-4-6-8-11/h4-8,10H,3,9H2,1-2H3,(H,14,17)(H,15,16). The summed E-state index contributed by atoms with van der Waals surface area (Å²) >= 11 is 0. The van der Waals surface area contributed by atoms with Gasteiger partial charge in [0.2, 0.25) is 5.91 Å². The minimum absolute atomic E-state index is 0.0120. The van der Waals surface area contributed by atoms with Crippen LogP contribution in [0, 0.1) is 0 Å². The lowest BCUT2D eigenvalue weighted by Crippen LogP contribution is -2.40. The maximum atomic E-state index is 11.6. The third-order valence-corrected chi connectivity index (χ3v) is 2.47. The van der Waals surface area contributed by atoms with E-state index in [0.29, 0.717) is 5.56 Å². The zero-order chi connectivity index (χ0) is 12.7. The Morgan fingerprint density at radius 1 is 1.24 bits per heavy atom. The van der Waals surface area contributed by atoms with Crippen molar-refractivity contribution in [3.63, 3.8) is 0 Å². The van der Waals surface area contributed by atoms with Crippen LogP contribution >= 0.6 is 0 Å². The van der Waals surface area contributed by atoms with E-state index in [0.717, 1.165) is 6.42 Å². The van der Waals surface area contributed by atoms with E-state index in [1.807, 2.05) is 19.9 Å². The van der Waals surface area contributed by atoms with Crippen LogP contribution in [0.2, 0.25) is 0 Å². The van der Waals surface area contributed by atoms with Crippen LogP contribution in [0.25, 0.3) is 0 Å². The molecule has 0 heterocycles. The molecule has 0 aromatic heterocycles. The first-order valence-corrected chi connectivity index (χ1v) is 5.76. The molecule has 4 nitrogen and oxygen atoms in total. The van der Waals surface area contributed by atoms with E-state index in [1.165, 1.54) is 0 Å². The summed E-state index contributed by atoms with van der Waals surface area (Å²) < 4.78 is 0. The lowest BCUT2D eigenvalue weighted by Gasteiger charge is -2.11. The highest BCUT2D eigenvalue weighted by molar-refractivity contribution is 5.96. The average Bonchev–Trinajstić information content (AvgIpc) is 2.36. The van der Waals surface area contributed by atoms with Crippen LogP contribution in [0.4, 0.5) is 0 Å². The van der Waals surface area contributed by atoms with Gasteiger partial charge in [0.1, 0.15) is 0 Å². The molecular weight excluding hydrogens is 216 g/mol. The molecule has 4 heteroatoms. The monoisotopic (exact) mass is 234 g/mol. The Morgan fingerprint density at radius 3 is 2.47 bits per heavy atom. The van der Waals surface area contributed by atoms with Gasteiger partial charge in [0.25, 0.3) is 5.91 Å². The largest absolute Gasteiger partial charge is 0.352 e. The van der Waals surface area contributed by atoms with Crippen molar-refractivity contribution in [3.05, 3.63) is 35.9 Å². The second-order valence-electron chi connectivity index (χ2n) is 3.93. The molecule has 0 aliphatic carbocycles. The van der Waals surface area contributed by atoms with Gasteiger partial charge in [0.15, 0.2) is 0 Å². The molecule has 1 rings (SSSR count). The maximum Gasteiger partial charge on any atom is 0.251 e. The molecule has 0 aliphatic heterocycles. The Hall–Kier alpha value is -1.84. The zero-order valence-corrected chi connectivity index (χ0v) is 10.2. The quantitative estimate of drug-likeness (QED) is 0.807. The van der Waals surface area contributed by atoms with Gasteiger partial charge in [0.05, 0.1) is 6.54 Å². The first kappa shape index (κ1) is 13.2. The molecule has 0 saturated heterocycles. The van der Waals surface area contributed by atoms with Gasteiger partial charge in [-0.05, 0) is 25.5 Å². The number of amides is 2. The molecule has 17 heavy (non-hydrogen) atoms. The summed E-state index contributed by atoms with van der Waals surface area (Å²) in [4.78, 5) is 23.0. The average molecular weight is 234 g/mol. The van der Waals surface area contributed by atoms with E-state index in [2.05, 4.69) is 10.6 Å². The number of carbonyl (C=O) groups is 2. The Balaban J connectivity index is 2.36. The summed E-state index contributed by atoms with van der Waals surface area (Å²) in [5, 5.41) is 5.36. The molecule has 0 radical (unpaired) electrons. The van der Waals surface area contributed by atoms with Crippen molar-refractivity contribution in [2.45, 2.75) is 26.3 Å². The molecule has 1 unspecified atom stereocenters. The third kappa shape index (κ3) is 4.68. The van der Waals surface area contributed by atoms with Crippen molar-refractivity contribution in [1.29, 1.82) is 0 Å². The van der Waals surface area contributed by atoms with Crippen LogP contribution in [-0.2, 0) is 4.79 Å². The first-order chi connectivity index (χ1) is 8.13. The molecule has 1 aromatic rings. The molecule has 92 valence electrons. The second-order valence-corrected chi connectivity index (χ2v) is 3.93. The van der Waals surface area contributed by atoms with Crippen molar-refractivity contribution in [2.75, 3.05) is 6.54 Å². The van der Waals surface area contributed by atoms with Crippen molar-refractivity contribution in [1.82, 2.24) is 10.6 Å². The van der Waals surface area contributed by atoms with Crippen LogP contribution in [-0.4, -0.2) is 24.4 Å². The van der Waals surface area contributed by atoms with Crippen molar-refractivity contribution >= 4 is 11.8 Å². The summed E-state index contributed by atoms with van der Waals surface area (Å²) in [6.07, 6.45) is 0.873. The number of rotatable bonds is 5. The SMILES string of the molecule is CCC(C)NC(=O)CNC(=O)c1ccccc1. The highest BCUT2D eigenvalue weighted by Crippen LogP contribution is 1.97. The lowest BCUT2D eigenvalue weighted by molar-refractivity contribution is -0.120. The smallest absolute Gasteiger partial charge is 0.251 e. The van der Waals surface area contributed by atoms with Crippen molar-refractivity contribution in [3.8, 4) is 0 Å². The fourth-order valence-corrected chi connectivity index (χ4v) is 1.28. The molecule has 2 amide bonds. The molecule has 0 fully saturated rings. The number of benzene rings is 1. The Labute approximate surface area is 101 Å². The lowest BCUT2D eigenvalue weighted by atomic mass is 10.2. The van der Waals surface area contributed by atoms with Gasteiger partial charge < -0.3 is 10.6 Å². The predicted octanol–water partition coefficient (Wildman–Crippen LogP) is 1.33. The van der Waals surface area contributed by atoms with Gasteiger partial charge in [-0.2, -0.15) is 0 Å². The molecule has 0 spiro atoms. The highest BCUT2D eigenvalue weighted by atomic mass is 16.2. The number of carbonyl (C=O) groups excluding carboxylic acids is 2. The molecule has 1 aromatic carbocycles. The number of hydrogen-bond donors (Lipinski definition) is 2. The van der Waals surface area contributed by atoms with Gasteiger partial charge in [-0.15, -0.1) is 0 Å². The first-order valence-electron chi connectivity index (χ1n) is 5.76. The Kier molecular flexibility index (Phi) is 5.20. The number of hydrogen-bond acceptors (Lipinski definition) is 2. The molecule has 2 N–H and O–H groups in total. The van der Waals surface area contributed by atoms with Crippen LogP contribution in [0.3, 0.4) is 0 Å². The van der Waals surface area contributed by atoms with E-state index < -0.39 is 0 Å². The van der Waals surface area contributed by atoms with E-state index in [-0.39, 0.29) is 24.4 Å². The fourth-order valence-electron chi connectivity index (χ4n) is 1.28. The van der Waals surface area contributed by atoms with Gasteiger partial charge in [-0.1, -0.05) is 25.1 Å². The minimum atomic E-state index is -0.232. The number of nitrogens with one attached hydrogen (secondary N) is 2. The zero-order valence-electron chi connectivity index (χ0n) is 10.2. The third-order valence-electron chi connectivity index (χ3n) is 2.47. The highest BCUT2D eigenvalue weighted by Gasteiger charge is 2.08. The normalized spacial score (nSPS) is 11.6. The van der Waals surface area contributed by atoms with Crippen LogP contribution in [0.15, 0.2) is 30.3 Å². The topological polar surface area (TPSA) is 58.2 Å². The van der Waals surface area contributed by atoms with E-state index in [1.54, 1.807) is 24.3 Å². The summed E-state index contributed by atoms with van der Waals surface area (Å²) in [5.74, 6) is -0.395. The predicted molar refractivity (Wildman–Crippen MR) is 66.7 cm³/mol. The summed E-state index contributed by atoms with van der Waals surface area (Å²) in [6, 6.07) is 8.97. The minimum Gasteiger partial charge on any atom is -0.352 e. The van der Waals surface area contributed by atoms with Crippen LogP contribution in [0.1, 0.15) is 30.6 Å². The Morgan fingerprint density at radius 2 is 1.88 bits per heavy atom. The Bertz CT molecular complexity index is 376. The summed E-state index contributed by atoms with van der Waals surface area (Å²) in [6.45, 7) is 3.93. The maximum absolute atomic E-state index is 11.6. The second kappa shape index (κ2) is 6.68. The van der Waals surface area contributed by atoms with E-state index in [9.17, 15) is 9.59 Å². The van der Waals surface area contributed by atoms with Gasteiger partial charge >= 0.3 is 0 Å². The molecule has 0 saturated carbocycles. The van der Waals surface area contributed by atoms with E-state index >= 15 is 0 Å². The summed E-state index contributed by atoms with van der Waals surface area (Å²) in [5.41, 5.74) is 0.559. The molecule has 1 atom stereocenters. The molecule has 0 bridgehead atoms. The van der Waals surface area contributed by atoms with Crippen LogP contribution in [0.5, 0.6) is 0 Å². The van der Waals surface area contributed by atoms with Crippen molar-refractivity contribution < 1.29 is 9.59 Å². The molecular formula is C13H18N2O2. The van der Waals surface area contributed by atoms with Crippen LogP contribution < -0.4 is 10.6 Å². The van der Waals surface area contributed by atoms with Gasteiger partial charge in [0, 0.05) is 11.6 Å². The fraction of sp³-hybridized carbons (Fsp3) is 0.385. The van der Waals surface area contributed by atoms with Crippen molar-refractivity contribution in [2.24, 2.45) is 0 Å². The van der Waals surface area contributed by atoms with Gasteiger partial charge in [-0.3, -0.25) is 9.59 Å². The van der Waals surface area contributed by atoms with Gasteiger partial charge in [-0.25, -0.2) is 0 Å². The van der Waals surface area contributed by atoms with E-state index in [4.69, 9.17) is 0 Å². The molecule has 0 aliphatic rings. The summed E-state index contributed by atoms with van der Waals surface area (Å²) in [7, 11) is 0.